The molecular formula is C17H22F2N4O4S2. The summed E-state index contributed by atoms with van der Waals surface area (Å²) < 4.78 is 82.7. The van der Waals surface area contributed by atoms with Crippen molar-refractivity contribution in [1.82, 2.24) is 18.4 Å². The van der Waals surface area contributed by atoms with E-state index in [2.05, 4.69) is 5.10 Å². The Balaban J connectivity index is 1.87. The van der Waals surface area contributed by atoms with Gasteiger partial charge in [0.1, 0.15) is 21.4 Å². The molecule has 0 unspecified atom stereocenters. The van der Waals surface area contributed by atoms with Gasteiger partial charge in [-0.3, -0.25) is 4.68 Å². The molecular weight excluding hydrogens is 426 g/mol. The molecule has 3 rings (SSSR count). The summed E-state index contributed by atoms with van der Waals surface area (Å²) in [6.07, 6.45) is 0.236. The zero-order chi connectivity index (χ0) is 21.6. The van der Waals surface area contributed by atoms with Crippen molar-refractivity contribution in [3.05, 3.63) is 41.2 Å². The fourth-order valence-electron chi connectivity index (χ4n) is 3.43. The highest BCUT2D eigenvalue weighted by atomic mass is 32.2. The second-order valence-electron chi connectivity index (χ2n) is 6.86. The molecule has 0 amide bonds. The molecule has 160 valence electrons. The molecule has 0 bridgehead atoms. The summed E-state index contributed by atoms with van der Waals surface area (Å²) in [5, 5.41) is 4.14. The lowest BCUT2D eigenvalue weighted by atomic mass is 10.3. The minimum absolute atomic E-state index is 0.0240. The van der Waals surface area contributed by atoms with Gasteiger partial charge in [-0.1, -0.05) is 0 Å². The lowest BCUT2D eigenvalue weighted by Crippen LogP contribution is -2.37. The molecule has 0 radical (unpaired) electrons. The van der Waals surface area contributed by atoms with Gasteiger partial charge < -0.3 is 0 Å². The van der Waals surface area contributed by atoms with Crippen LogP contribution >= 0.6 is 0 Å². The fourth-order valence-corrected chi connectivity index (χ4v) is 6.82. The summed E-state index contributed by atoms with van der Waals surface area (Å²) in [5.74, 6) is -2.06. The van der Waals surface area contributed by atoms with E-state index in [1.54, 1.807) is 20.9 Å². The average molecular weight is 449 g/mol. The standard InChI is InChI=1S/C17H22F2N4O4S2/c1-12-17(13(2)21(3)20-12)29(26,27)23-8-4-7-22(9-10-23)28(24,25)16-6-5-14(18)11-15(16)19/h5-6,11H,4,7-10H2,1-3H3. The third-order valence-electron chi connectivity index (χ3n) is 4.97. The highest BCUT2D eigenvalue weighted by Crippen LogP contribution is 2.26. The molecule has 2 aromatic rings. The maximum Gasteiger partial charge on any atom is 0.246 e. The van der Waals surface area contributed by atoms with E-state index >= 15 is 0 Å². The lowest BCUT2D eigenvalue weighted by Gasteiger charge is -2.22. The van der Waals surface area contributed by atoms with Crippen molar-refractivity contribution in [2.24, 2.45) is 7.05 Å². The average Bonchev–Trinajstić information content (AvgIpc) is 2.80. The van der Waals surface area contributed by atoms with Crippen molar-refractivity contribution in [3.63, 3.8) is 0 Å². The Kier molecular flexibility index (Phi) is 5.82. The molecule has 1 aromatic heterocycles. The molecule has 1 fully saturated rings. The monoisotopic (exact) mass is 448 g/mol. The summed E-state index contributed by atoms with van der Waals surface area (Å²) in [6, 6.07) is 2.26. The minimum Gasteiger partial charge on any atom is -0.271 e. The maximum absolute atomic E-state index is 14.0. The third-order valence-corrected chi connectivity index (χ3v) is 9.05. The van der Waals surface area contributed by atoms with Crippen LogP contribution in [0.2, 0.25) is 0 Å². The van der Waals surface area contributed by atoms with Crippen LogP contribution in [0, 0.1) is 25.5 Å². The number of aromatic nitrogens is 2. The lowest BCUT2D eigenvalue weighted by molar-refractivity contribution is 0.402. The summed E-state index contributed by atoms with van der Waals surface area (Å²) in [6.45, 7) is 3.17. The Morgan fingerprint density at radius 3 is 2.03 bits per heavy atom. The van der Waals surface area contributed by atoms with Gasteiger partial charge in [0.05, 0.1) is 11.4 Å². The zero-order valence-corrected chi connectivity index (χ0v) is 17.9. The Morgan fingerprint density at radius 1 is 0.931 bits per heavy atom. The highest BCUT2D eigenvalue weighted by molar-refractivity contribution is 7.89. The summed E-state index contributed by atoms with van der Waals surface area (Å²) >= 11 is 0. The number of benzene rings is 1. The van der Waals surface area contributed by atoms with E-state index in [-0.39, 0.29) is 37.5 Å². The van der Waals surface area contributed by atoms with Crippen molar-refractivity contribution in [2.75, 3.05) is 26.2 Å². The largest absolute Gasteiger partial charge is 0.271 e. The van der Waals surface area contributed by atoms with E-state index in [0.29, 0.717) is 17.5 Å². The van der Waals surface area contributed by atoms with Gasteiger partial charge in [-0.05, 0) is 32.4 Å². The second-order valence-corrected chi connectivity index (χ2v) is 10.6. The van der Waals surface area contributed by atoms with Crippen molar-refractivity contribution < 1.29 is 25.6 Å². The van der Waals surface area contributed by atoms with E-state index in [1.165, 1.54) is 8.99 Å². The molecule has 2 heterocycles. The first-order chi connectivity index (χ1) is 13.5. The minimum atomic E-state index is -4.22. The summed E-state index contributed by atoms with van der Waals surface area (Å²) in [5.41, 5.74) is 0.858. The van der Waals surface area contributed by atoms with Gasteiger partial charge in [-0.2, -0.15) is 13.7 Å². The van der Waals surface area contributed by atoms with Crippen LogP contribution in [0.25, 0.3) is 0 Å². The van der Waals surface area contributed by atoms with Crippen LogP contribution in [0.15, 0.2) is 28.0 Å². The predicted octanol–water partition coefficient (Wildman–Crippen LogP) is 1.40. The molecule has 0 atom stereocenters. The van der Waals surface area contributed by atoms with Crippen molar-refractivity contribution in [1.29, 1.82) is 0 Å². The SMILES string of the molecule is Cc1nn(C)c(C)c1S(=O)(=O)N1CCCN(S(=O)(=O)c2ccc(F)cc2F)CC1. The van der Waals surface area contributed by atoms with Gasteiger partial charge in [-0.25, -0.2) is 25.6 Å². The molecule has 1 saturated heterocycles. The van der Waals surface area contributed by atoms with Crippen LogP contribution in [-0.4, -0.2) is 61.4 Å². The summed E-state index contributed by atoms with van der Waals surface area (Å²) in [7, 11) is -6.45. The number of nitrogens with zero attached hydrogens (tertiary/aromatic N) is 4. The van der Waals surface area contributed by atoms with E-state index in [0.717, 1.165) is 16.4 Å². The van der Waals surface area contributed by atoms with Crippen LogP contribution in [0.5, 0.6) is 0 Å². The van der Waals surface area contributed by atoms with Crippen molar-refractivity contribution in [2.45, 2.75) is 30.1 Å². The molecule has 1 aliphatic heterocycles. The van der Waals surface area contributed by atoms with Gasteiger partial charge in [0.15, 0.2) is 0 Å². The quantitative estimate of drug-likeness (QED) is 0.705. The smallest absolute Gasteiger partial charge is 0.246 e. The Labute approximate surface area is 168 Å². The number of halogens is 2. The van der Waals surface area contributed by atoms with E-state index in [4.69, 9.17) is 0 Å². The molecule has 29 heavy (non-hydrogen) atoms. The molecule has 1 aliphatic rings. The van der Waals surface area contributed by atoms with Gasteiger partial charge >= 0.3 is 0 Å². The maximum atomic E-state index is 14.0. The van der Waals surface area contributed by atoms with Crippen LogP contribution in [0.1, 0.15) is 17.8 Å². The molecule has 8 nitrogen and oxygen atoms in total. The normalized spacial score (nSPS) is 17.4. The number of aryl methyl sites for hydroxylation is 2. The van der Waals surface area contributed by atoms with E-state index in [1.807, 2.05) is 0 Å². The van der Waals surface area contributed by atoms with E-state index < -0.39 is 36.6 Å². The van der Waals surface area contributed by atoms with Crippen LogP contribution in [0.4, 0.5) is 8.78 Å². The molecule has 1 aromatic carbocycles. The third kappa shape index (κ3) is 3.93. The van der Waals surface area contributed by atoms with Crippen LogP contribution < -0.4 is 0 Å². The predicted molar refractivity (Wildman–Crippen MR) is 101 cm³/mol. The van der Waals surface area contributed by atoms with Crippen molar-refractivity contribution in [3.8, 4) is 0 Å². The van der Waals surface area contributed by atoms with Gasteiger partial charge in [0.2, 0.25) is 20.0 Å². The molecule has 0 spiro atoms. The van der Waals surface area contributed by atoms with Gasteiger partial charge in [-0.15, -0.1) is 0 Å². The first kappa shape index (κ1) is 21.8. The second kappa shape index (κ2) is 7.74. The number of sulfonamides is 2. The topological polar surface area (TPSA) is 92.6 Å². The first-order valence-corrected chi connectivity index (χ1v) is 11.8. The fraction of sp³-hybridized carbons (Fsp3) is 0.471. The summed E-state index contributed by atoms with van der Waals surface area (Å²) in [4.78, 5) is -0.518. The number of hydrogen-bond donors (Lipinski definition) is 0. The van der Waals surface area contributed by atoms with Crippen molar-refractivity contribution >= 4 is 20.0 Å². The first-order valence-electron chi connectivity index (χ1n) is 8.92. The molecule has 12 heteroatoms. The Bertz CT molecular complexity index is 1150. The molecule has 0 saturated carbocycles. The van der Waals surface area contributed by atoms with Crippen LogP contribution in [-0.2, 0) is 27.1 Å². The highest BCUT2D eigenvalue weighted by Gasteiger charge is 2.35. The Hall–Kier alpha value is -1.89. The number of rotatable bonds is 4. The molecule has 0 N–H and O–H groups in total. The van der Waals surface area contributed by atoms with Crippen LogP contribution in [0.3, 0.4) is 0 Å². The van der Waals surface area contributed by atoms with Gasteiger partial charge in [0, 0.05) is 39.3 Å². The number of hydrogen-bond acceptors (Lipinski definition) is 5. The zero-order valence-electron chi connectivity index (χ0n) is 16.3. The van der Waals surface area contributed by atoms with Gasteiger partial charge in [0.25, 0.3) is 0 Å². The van der Waals surface area contributed by atoms with E-state index in [9.17, 15) is 25.6 Å². The Morgan fingerprint density at radius 2 is 1.52 bits per heavy atom. The molecule has 0 aliphatic carbocycles.